The Balaban J connectivity index is 1.75. The van der Waals surface area contributed by atoms with Crippen molar-refractivity contribution in [3.63, 3.8) is 0 Å². The van der Waals surface area contributed by atoms with Crippen LogP contribution >= 0.6 is 0 Å². The van der Waals surface area contributed by atoms with Crippen molar-refractivity contribution >= 4 is 22.7 Å². The van der Waals surface area contributed by atoms with E-state index in [2.05, 4.69) is 9.97 Å². The first-order valence-corrected chi connectivity index (χ1v) is 9.42. The number of carbonyl (C=O) groups is 2. The molecular formula is C21H19F3N4O2. The van der Waals surface area contributed by atoms with Crippen LogP contribution in [-0.4, -0.2) is 32.4 Å². The third kappa shape index (κ3) is 3.05. The largest absolute Gasteiger partial charge is 0.438 e. The number of carbonyl (C=O) groups excluding carboxylic acids is 2. The maximum Gasteiger partial charge on any atom is 0.438 e. The number of aryl methyl sites for hydroxylation is 3. The van der Waals surface area contributed by atoms with Gasteiger partial charge in [-0.15, -0.1) is 0 Å². The van der Waals surface area contributed by atoms with Gasteiger partial charge in [-0.05, 0) is 55.2 Å². The van der Waals surface area contributed by atoms with Crippen molar-refractivity contribution in [3.05, 3.63) is 59.2 Å². The van der Waals surface area contributed by atoms with Crippen LogP contribution in [0.3, 0.4) is 0 Å². The zero-order valence-corrected chi connectivity index (χ0v) is 16.4. The second-order valence-electron chi connectivity index (χ2n) is 7.51. The second kappa shape index (κ2) is 6.93. The van der Waals surface area contributed by atoms with E-state index in [1.54, 1.807) is 43.6 Å². The van der Waals surface area contributed by atoms with E-state index < -0.39 is 30.0 Å². The number of nitrogens with zero attached hydrogens (tertiary/aromatic N) is 3. The van der Waals surface area contributed by atoms with Crippen LogP contribution < -0.4 is 5.32 Å². The molecule has 1 N–H and O–H groups in total. The van der Waals surface area contributed by atoms with E-state index in [0.29, 0.717) is 11.1 Å². The van der Waals surface area contributed by atoms with Crippen LogP contribution in [0.25, 0.3) is 11.0 Å². The molecule has 9 heteroatoms. The summed E-state index contributed by atoms with van der Waals surface area (Å²) in [4.78, 5) is 33.4. The topological polar surface area (TPSA) is 76.9 Å². The highest BCUT2D eigenvalue weighted by Crippen LogP contribution is 2.43. The number of hydrogen-bond donors (Lipinski definition) is 1. The van der Waals surface area contributed by atoms with E-state index in [1.165, 1.54) is 0 Å². The molecule has 2 aromatic heterocycles. The molecule has 3 aromatic rings. The van der Waals surface area contributed by atoms with Crippen molar-refractivity contribution in [2.24, 2.45) is 0 Å². The summed E-state index contributed by atoms with van der Waals surface area (Å²) < 4.78 is 43.9. The lowest BCUT2D eigenvalue weighted by atomic mass is 10.0. The Hall–Kier alpha value is -3.23. The van der Waals surface area contributed by atoms with Crippen LogP contribution in [0.5, 0.6) is 0 Å². The molecule has 3 heterocycles. The molecule has 4 rings (SSSR count). The van der Waals surface area contributed by atoms with Gasteiger partial charge in [0.2, 0.25) is 5.91 Å². The van der Waals surface area contributed by atoms with E-state index in [9.17, 15) is 22.8 Å². The third-order valence-electron chi connectivity index (χ3n) is 5.49. The van der Waals surface area contributed by atoms with Gasteiger partial charge in [-0.25, -0.2) is 4.98 Å². The summed E-state index contributed by atoms with van der Waals surface area (Å²) in [5.41, 5.74) is -0.272. The van der Waals surface area contributed by atoms with Crippen molar-refractivity contribution in [1.82, 2.24) is 19.9 Å². The average molecular weight is 416 g/mol. The molecule has 1 amide bonds. The molecule has 0 radical (unpaired) electrons. The SMILES string of the molecule is Cc1cc2nc3n(c2cc1C)C(NC(=O)CCc1cccnc1)(C(F)(F)F)C(=O)C3. The summed E-state index contributed by atoms with van der Waals surface area (Å²) >= 11 is 0. The van der Waals surface area contributed by atoms with Crippen LogP contribution in [0.4, 0.5) is 13.2 Å². The lowest BCUT2D eigenvalue weighted by Crippen LogP contribution is -2.62. The number of pyridine rings is 1. The van der Waals surface area contributed by atoms with Crippen molar-refractivity contribution in [2.75, 3.05) is 0 Å². The van der Waals surface area contributed by atoms with Crippen LogP contribution in [0.1, 0.15) is 28.9 Å². The molecule has 0 saturated heterocycles. The van der Waals surface area contributed by atoms with Crippen LogP contribution in [0.15, 0.2) is 36.7 Å². The molecule has 0 aliphatic carbocycles. The number of rotatable bonds is 4. The summed E-state index contributed by atoms with van der Waals surface area (Å²) in [5.74, 6) is -2.03. The summed E-state index contributed by atoms with van der Waals surface area (Å²) in [6, 6.07) is 6.67. The molecular weight excluding hydrogens is 397 g/mol. The molecule has 1 aliphatic heterocycles. The molecule has 0 saturated carbocycles. The molecule has 0 spiro atoms. The van der Waals surface area contributed by atoms with Crippen molar-refractivity contribution in [3.8, 4) is 0 Å². The lowest BCUT2D eigenvalue weighted by molar-refractivity contribution is -0.218. The zero-order chi connectivity index (χ0) is 21.7. The van der Waals surface area contributed by atoms with Crippen molar-refractivity contribution in [1.29, 1.82) is 0 Å². The molecule has 156 valence electrons. The van der Waals surface area contributed by atoms with E-state index in [4.69, 9.17) is 0 Å². The number of Topliss-reactive ketones (excluding diaryl/α,β-unsaturated/α-hetero) is 1. The van der Waals surface area contributed by atoms with Gasteiger partial charge < -0.3 is 5.32 Å². The molecule has 1 unspecified atom stereocenters. The molecule has 1 aliphatic rings. The predicted molar refractivity (Wildman–Crippen MR) is 103 cm³/mol. The number of nitrogens with one attached hydrogen (secondary N) is 1. The Morgan fingerprint density at radius 1 is 1.27 bits per heavy atom. The van der Waals surface area contributed by atoms with Gasteiger partial charge in [-0.2, -0.15) is 13.2 Å². The maximum atomic E-state index is 14.4. The van der Waals surface area contributed by atoms with Gasteiger partial charge >= 0.3 is 6.18 Å². The number of alkyl halides is 3. The van der Waals surface area contributed by atoms with Gasteiger partial charge in [0.25, 0.3) is 5.66 Å². The maximum absolute atomic E-state index is 14.4. The Kier molecular flexibility index (Phi) is 4.63. The van der Waals surface area contributed by atoms with Gasteiger partial charge in [0.1, 0.15) is 5.82 Å². The molecule has 0 fully saturated rings. The normalized spacial score (nSPS) is 18.6. The lowest BCUT2D eigenvalue weighted by Gasteiger charge is -2.33. The molecule has 0 bridgehead atoms. The number of fused-ring (bicyclic) bond motifs is 3. The summed E-state index contributed by atoms with van der Waals surface area (Å²) in [6.45, 7) is 3.61. The minimum atomic E-state index is -5.04. The van der Waals surface area contributed by atoms with E-state index >= 15 is 0 Å². The smallest absolute Gasteiger partial charge is 0.319 e. The molecule has 6 nitrogen and oxygen atoms in total. The quantitative estimate of drug-likeness (QED) is 0.709. The summed E-state index contributed by atoms with van der Waals surface area (Å²) in [6.07, 6.45) is -2.44. The van der Waals surface area contributed by atoms with Crippen LogP contribution in [0, 0.1) is 13.8 Å². The van der Waals surface area contributed by atoms with E-state index in [0.717, 1.165) is 15.7 Å². The number of amides is 1. The minimum absolute atomic E-state index is 0.00937. The Morgan fingerprint density at radius 3 is 2.67 bits per heavy atom. The third-order valence-corrected chi connectivity index (χ3v) is 5.49. The fraction of sp³-hybridized carbons (Fsp3) is 0.333. The predicted octanol–water partition coefficient (Wildman–Crippen LogP) is 3.14. The van der Waals surface area contributed by atoms with Gasteiger partial charge in [-0.1, -0.05) is 6.07 Å². The van der Waals surface area contributed by atoms with Crippen molar-refractivity contribution < 1.29 is 22.8 Å². The van der Waals surface area contributed by atoms with Gasteiger partial charge in [-0.3, -0.25) is 19.1 Å². The van der Waals surface area contributed by atoms with E-state index in [-0.39, 0.29) is 24.2 Å². The monoisotopic (exact) mass is 416 g/mol. The van der Waals surface area contributed by atoms with Gasteiger partial charge in [0.05, 0.1) is 17.5 Å². The Labute approximate surface area is 170 Å². The van der Waals surface area contributed by atoms with Crippen LogP contribution in [0.2, 0.25) is 0 Å². The summed E-state index contributed by atoms with van der Waals surface area (Å²) in [5, 5.41) is 2.01. The first-order valence-electron chi connectivity index (χ1n) is 9.42. The highest BCUT2D eigenvalue weighted by atomic mass is 19.4. The Bertz CT molecular complexity index is 1150. The standard InChI is InChI=1S/C21H19F3N4O2/c1-12-8-15-16(9-13(12)2)28-18(26-15)10-17(29)20(28,21(22,23)24)27-19(30)6-5-14-4-3-7-25-11-14/h3-4,7-9,11H,5-6,10H2,1-2H3,(H,27,30). The number of imidazole rings is 1. The molecule has 1 atom stereocenters. The van der Waals surface area contributed by atoms with Gasteiger partial charge in [0.15, 0.2) is 5.78 Å². The van der Waals surface area contributed by atoms with Gasteiger partial charge in [0, 0.05) is 18.8 Å². The van der Waals surface area contributed by atoms with E-state index in [1.807, 2.05) is 12.2 Å². The number of halogens is 3. The Morgan fingerprint density at radius 2 is 2.00 bits per heavy atom. The van der Waals surface area contributed by atoms with Crippen LogP contribution in [-0.2, 0) is 28.1 Å². The first-order chi connectivity index (χ1) is 14.1. The highest BCUT2D eigenvalue weighted by Gasteiger charge is 2.66. The first kappa shape index (κ1) is 20.1. The number of ketones is 1. The number of hydrogen-bond acceptors (Lipinski definition) is 4. The fourth-order valence-electron chi connectivity index (χ4n) is 3.82. The molecule has 1 aromatic carbocycles. The minimum Gasteiger partial charge on any atom is -0.319 e. The average Bonchev–Trinajstić information content (AvgIpc) is 3.15. The second-order valence-corrected chi connectivity index (χ2v) is 7.51. The van der Waals surface area contributed by atoms with Crippen molar-refractivity contribution in [2.45, 2.75) is 44.9 Å². The fourth-order valence-corrected chi connectivity index (χ4v) is 3.82. The highest BCUT2D eigenvalue weighted by molar-refractivity contribution is 5.98. The molecule has 30 heavy (non-hydrogen) atoms. The summed E-state index contributed by atoms with van der Waals surface area (Å²) in [7, 11) is 0. The zero-order valence-electron chi connectivity index (χ0n) is 16.4. The number of aromatic nitrogens is 3. The number of benzene rings is 1.